The molecule has 1 aromatic rings. The fourth-order valence-electron chi connectivity index (χ4n) is 4.48. The van der Waals surface area contributed by atoms with E-state index in [1.807, 2.05) is 13.0 Å². The summed E-state index contributed by atoms with van der Waals surface area (Å²) in [5, 5.41) is 11.7. The summed E-state index contributed by atoms with van der Waals surface area (Å²) in [6, 6.07) is 3.80. The Labute approximate surface area is 284 Å². The largest absolute Gasteiger partial charge is 1.00 e. The molecular formula is C36H53NaO5S. The predicted octanol–water partition coefficient (Wildman–Crippen LogP) is 7.09. The first-order valence-electron chi connectivity index (χ1n) is 15.1. The second-order valence-corrected chi connectivity index (χ2v) is 12.7. The van der Waals surface area contributed by atoms with Crippen molar-refractivity contribution < 1.29 is 51.8 Å². The van der Waals surface area contributed by atoms with Gasteiger partial charge in [0.25, 0.3) is 0 Å². The van der Waals surface area contributed by atoms with Gasteiger partial charge in [0, 0.05) is 0 Å². The minimum atomic E-state index is -4.65. The summed E-state index contributed by atoms with van der Waals surface area (Å²) in [6.45, 7) is 15.2. The summed E-state index contributed by atoms with van der Waals surface area (Å²) in [4.78, 5) is 0. The van der Waals surface area contributed by atoms with Gasteiger partial charge >= 0.3 is 40.0 Å². The zero-order chi connectivity index (χ0) is 31.5. The van der Waals surface area contributed by atoms with Gasteiger partial charge in [-0.3, -0.25) is 4.55 Å². The summed E-state index contributed by atoms with van der Waals surface area (Å²) in [6.07, 6.45) is 24.7. The van der Waals surface area contributed by atoms with Crippen molar-refractivity contribution in [3.63, 3.8) is 0 Å². The van der Waals surface area contributed by atoms with Crippen LogP contribution in [-0.4, -0.2) is 13.0 Å². The summed E-state index contributed by atoms with van der Waals surface area (Å²) >= 11 is 0. The molecule has 0 fully saturated rings. The van der Waals surface area contributed by atoms with Gasteiger partial charge in [-0.2, -0.15) is 8.42 Å². The maximum Gasteiger partial charge on any atom is 1.00 e. The third-order valence-electron chi connectivity index (χ3n) is 7.11. The Morgan fingerprint density at radius 1 is 0.674 bits per heavy atom. The molecule has 0 aliphatic carbocycles. The Morgan fingerprint density at radius 3 is 1.42 bits per heavy atom. The molecule has 1 aromatic carbocycles. The van der Waals surface area contributed by atoms with Crippen LogP contribution in [0.15, 0.2) is 88.1 Å². The van der Waals surface area contributed by atoms with Gasteiger partial charge in [-0.05, 0) is 131 Å². The first-order chi connectivity index (χ1) is 19.7. The molecule has 7 heteroatoms. The van der Waals surface area contributed by atoms with Gasteiger partial charge < -0.3 is 9.29 Å². The molecule has 1 rings (SSSR count). The van der Waals surface area contributed by atoms with Crippen molar-refractivity contribution >= 4 is 10.4 Å². The van der Waals surface area contributed by atoms with E-state index in [0.29, 0.717) is 12.0 Å². The van der Waals surface area contributed by atoms with Crippen molar-refractivity contribution in [2.75, 3.05) is 0 Å². The number of hydrogen-bond acceptors (Lipinski definition) is 4. The summed E-state index contributed by atoms with van der Waals surface area (Å²) < 4.78 is 35.7. The van der Waals surface area contributed by atoms with E-state index in [1.54, 1.807) is 0 Å². The van der Waals surface area contributed by atoms with Crippen molar-refractivity contribution in [3.05, 3.63) is 93.7 Å². The van der Waals surface area contributed by atoms with Crippen LogP contribution in [0.2, 0.25) is 0 Å². The molecule has 0 amide bonds. The van der Waals surface area contributed by atoms with Crippen LogP contribution in [0.5, 0.6) is 11.5 Å². The first-order valence-corrected chi connectivity index (χ1v) is 16.5. The maximum absolute atomic E-state index is 11.7. The third kappa shape index (κ3) is 22.4. The van der Waals surface area contributed by atoms with E-state index < -0.39 is 10.4 Å². The normalized spacial score (nSPS) is 13.5. The van der Waals surface area contributed by atoms with Gasteiger partial charge in [-0.25, -0.2) is 0 Å². The molecule has 0 bridgehead atoms. The average Bonchev–Trinajstić information content (AvgIpc) is 2.88. The number of allylic oxidation sites excluding steroid dienone is 12. The minimum absolute atomic E-state index is 0. The van der Waals surface area contributed by atoms with Crippen LogP contribution in [0.25, 0.3) is 0 Å². The molecule has 0 spiro atoms. The van der Waals surface area contributed by atoms with E-state index in [2.05, 4.69) is 76.1 Å². The van der Waals surface area contributed by atoms with E-state index in [9.17, 15) is 13.5 Å². The Kier molecular flexibility index (Phi) is 21.7. The molecule has 234 valence electrons. The summed E-state index contributed by atoms with van der Waals surface area (Å²) in [5.74, 6) is -0.274. The molecule has 5 nitrogen and oxygen atoms in total. The van der Waals surface area contributed by atoms with Gasteiger partial charge in [0.2, 0.25) is 0 Å². The molecule has 0 aliphatic rings. The van der Waals surface area contributed by atoms with Crippen LogP contribution < -0.4 is 38.8 Å². The smallest absolute Gasteiger partial charge is 0.872 e. The zero-order valence-electron chi connectivity index (χ0n) is 28.0. The molecule has 0 aliphatic heterocycles. The maximum atomic E-state index is 11.7. The number of benzene rings is 1. The molecule has 0 heterocycles. The van der Waals surface area contributed by atoms with Gasteiger partial charge in [-0.15, -0.1) is 5.75 Å². The standard InChI is InChI=1S/C36H54O5S.Na/c1-28(2)13-8-14-29(3)15-9-16-30(4)17-10-18-31(5)19-11-20-32(6)21-12-22-33(7)23-24-34-27-35(37)25-26-36(34)41-42(38,39)40;/h13,15,17,19,21,23,25-27,37H,8-12,14,16,18,20,22,24H2,1-7H3,(H,38,39,40);/q;+1/p-1/b29-15+,30-17+,31-19+,32-21+,33-23+;. The van der Waals surface area contributed by atoms with Crippen LogP contribution in [0, 0.1) is 0 Å². The Hall–Kier alpha value is -1.83. The van der Waals surface area contributed by atoms with Crippen LogP contribution in [0.3, 0.4) is 0 Å². The molecule has 43 heavy (non-hydrogen) atoms. The summed E-state index contributed by atoms with van der Waals surface area (Å²) in [5.41, 5.74) is 8.74. The molecular weight excluding hydrogens is 567 g/mol. The van der Waals surface area contributed by atoms with E-state index in [0.717, 1.165) is 69.8 Å². The Balaban J connectivity index is 0.0000176. The van der Waals surface area contributed by atoms with Crippen molar-refractivity contribution in [3.8, 4) is 11.5 Å². The molecule has 0 saturated heterocycles. The fraction of sp³-hybridized carbons (Fsp3) is 0.500. The molecule has 1 N–H and O–H groups in total. The molecule has 0 saturated carbocycles. The summed E-state index contributed by atoms with van der Waals surface area (Å²) in [7, 11) is -4.65. The number of rotatable bonds is 19. The van der Waals surface area contributed by atoms with Crippen LogP contribution in [0.4, 0.5) is 0 Å². The van der Waals surface area contributed by atoms with Crippen molar-refractivity contribution in [2.24, 2.45) is 0 Å². The van der Waals surface area contributed by atoms with Crippen molar-refractivity contribution in [1.82, 2.24) is 0 Å². The van der Waals surface area contributed by atoms with Gasteiger partial charge in [-0.1, -0.05) is 82.0 Å². The van der Waals surface area contributed by atoms with Crippen LogP contribution in [0.1, 0.15) is 118 Å². The Morgan fingerprint density at radius 2 is 1.05 bits per heavy atom. The first kappa shape index (κ1) is 41.2. The molecule has 0 unspecified atom stereocenters. The van der Waals surface area contributed by atoms with Crippen molar-refractivity contribution in [1.29, 1.82) is 0 Å². The predicted molar refractivity (Wildman–Crippen MR) is 176 cm³/mol. The topological polar surface area (TPSA) is 86.7 Å². The monoisotopic (exact) mass is 620 g/mol. The quantitative estimate of drug-likeness (QED) is 0.101. The second kappa shape index (κ2) is 22.6. The third-order valence-corrected chi connectivity index (χ3v) is 7.50. The van der Waals surface area contributed by atoms with E-state index in [4.69, 9.17) is 4.55 Å². The second-order valence-electron chi connectivity index (χ2n) is 11.7. The van der Waals surface area contributed by atoms with E-state index in [-0.39, 0.29) is 41.1 Å². The van der Waals surface area contributed by atoms with Gasteiger partial charge in [0.1, 0.15) is 5.75 Å². The van der Waals surface area contributed by atoms with Gasteiger partial charge in [0.05, 0.1) is 0 Å². The van der Waals surface area contributed by atoms with E-state index in [1.165, 1.54) is 46.1 Å². The fourth-order valence-corrected chi connectivity index (χ4v) is 4.87. The molecule has 0 atom stereocenters. The van der Waals surface area contributed by atoms with E-state index >= 15 is 0 Å². The van der Waals surface area contributed by atoms with Crippen LogP contribution in [-0.2, 0) is 16.8 Å². The zero-order valence-corrected chi connectivity index (χ0v) is 30.8. The minimum Gasteiger partial charge on any atom is -0.872 e. The van der Waals surface area contributed by atoms with Crippen molar-refractivity contribution in [2.45, 2.75) is 119 Å². The average molecular weight is 621 g/mol. The van der Waals surface area contributed by atoms with Gasteiger partial charge in [0.15, 0.2) is 0 Å². The van der Waals surface area contributed by atoms with Crippen LogP contribution >= 0.6 is 0 Å². The SMILES string of the molecule is CC(C)=CCC/C(C)=C/CC/C(C)=C/CC/C(C)=C/CC/C(C)=C/CC/C(C)=C/Cc1cc([O-])ccc1OS(=O)(=O)O.[Na+]. The number of hydrogen-bond donors (Lipinski definition) is 1. The molecule has 0 aromatic heterocycles. The Bertz CT molecular complexity index is 1280. The molecule has 0 radical (unpaired) electrons.